The lowest BCUT2D eigenvalue weighted by Crippen LogP contribution is -2.51. The first-order valence-corrected chi connectivity index (χ1v) is 10.2. The zero-order valence-corrected chi connectivity index (χ0v) is 15.9. The molecule has 3 heteroatoms. The fourth-order valence-electron chi connectivity index (χ4n) is 7.57. The molecule has 0 heterocycles. The first-order chi connectivity index (χ1) is 11.9. The number of aliphatic imine (C=N–C) groups is 1. The van der Waals surface area contributed by atoms with Gasteiger partial charge in [-0.1, -0.05) is 19.4 Å². The molecule has 0 aromatic carbocycles. The average Bonchev–Trinajstić information content (AvgIpc) is 2.93. The lowest BCUT2D eigenvalue weighted by molar-refractivity contribution is -0.117. The van der Waals surface area contributed by atoms with Gasteiger partial charge in [-0.05, 0) is 92.4 Å². The molecule has 7 atom stereocenters. The molecule has 0 radical (unpaired) electrons. The minimum atomic E-state index is 0.103. The highest BCUT2D eigenvalue weighted by atomic mass is 16.1. The Bertz CT molecular complexity index is 661. The molecule has 0 aliphatic heterocycles. The number of carbonyl (C=O) groups is 1. The van der Waals surface area contributed by atoms with Crippen LogP contribution in [0, 0.1) is 34.5 Å². The molecule has 3 fully saturated rings. The molecule has 4 aliphatic carbocycles. The summed E-state index contributed by atoms with van der Waals surface area (Å²) < 4.78 is 0. The maximum Gasteiger partial charge on any atom is 0.235 e. The number of hydrogen-bond donors (Lipinski definition) is 0. The number of fused-ring (bicyclic) bond motifs is 5. The third kappa shape index (κ3) is 2.42. The van der Waals surface area contributed by atoms with Gasteiger partial charge in [-0.25, -0.2) is 9.79 Å². The van der Waals surface area contributed by atoms with E-state index < -0.39 is 0 Å². The van der Waals surface area contributed by atoms with Crippen LogP contribution in [0.2, 0.25) is 0 Å². The zero-order chi connectivity index (χ0) is 17.8. The molecule has 3 saturated carbocycles. The van der Waals surface area contributed by atoms with Crippen molar-refractivity contribution < 1.29 is 9.59 Å². The highest BCUT2D eigenvalue weighted by Crippen LogP contribution is 2.67. The van der Waals surface area contributed by atoms with Crippen molar-refractivity contribution in [1.29, 1.82) is 0 Å². The molecular formula is C22H31NO2. The number of nitrogens with zero attached hydrogens (tertiary/aromatic N) is 1. The molecule has 25 heavy (non-hydrogen) atoms. The molecule has 0 N–H and O–H groups in total. The Kier molecular flexibility index (Phi) is 4.07. The Morgan fingerprint density at radius 2 is 1.92 bits per heavy atom. The number of isocyanates is 1. The van der Waals surface area contributed by atoms with Gasteiger partial charge in [-0.3, -0.25) is 4.79 Å². The largest absolute Gasteiger partial charge is 0.295 e. The van der Waals surface area contributed by atoms with E-state index in [0.717, 1.165) is 37.0 Å². The highest BCUT2D eigenvalue weighted by Gasteiger charge is 2.59. The fraction of sp³-hybridized carbons (Fsp3) is 0.818. The van der Waals surface area contributed by atoms with Crippen molar-refractivity contribution in [3.63, 3.8) is 0 Å². The number of rotatable bonds is 2. The van der Waals surface area contributed by atoms with Crippen molar-refractivity contribution in [2.45, 2.75) is 78.2 Å². The van der Waals surface area contributed by atoms with Crippen LogP contribution >= 0.6 is 0 Å². The number of carbonyl (C=O) groups excluding carboxylic acids is 2. The van der Waals surface area contributed by atoms with Crippen LogP contribution in [-0.2, 0) is 9.59 Å². The Labute approximate surface area is 151 Å². The van der Waals surface area contributed by atoms with Gasteiger partial charge in [0.2, 0.25) is 6.08 Å². The Morgan fingerprint density at radius 3 is 2.68 bits per heavy atom. The Balaban J connectivity index is 1.63. The van der Waals surface area contributed by atoms with Crippen molar-refractivity contribution in [2.75, 3.05) is 0 Å². The van der Waals surface area contributed by atoms with Gasteiger partial charge in [0.1, 0.15) is 0 Å². The molecule has 0 amide bonds. The SMILES string of the molecule is CC(N=C=O)[C@H]1CC[C@H]2[C@@H]3CCC4=CC(=O)CC[C@]4(C)[C@H]3CC[C@]12C. The Hall–Kier alpha value is -1.21. The molecule has 4 rings (SSSR count). The molecule has 0 spiro atoms. The van der Waals surface area contributed by atoms with Crippen LogP contribution in [0.5, 0.6) is 0 Å². The smallest absolute Gasteiger partial charge is 0.235 e. The maximum absolute atomic E-state index is 11.9. The van der Waals surface area contributed by atoms with Crippen molar-refractivity contribution in [3.05, 3.63) is 11.6 Å². The maximum atomic E-state index is 11.9. The number of ketones is 1. The fourth-order valence-corrected chi connectivity index (χ4v) is 7.57. The van der Waals surface area contributed by atoms with Crippen LogP contribution < -0.4 is 0 Å². The van der Waals surface area contributed by atoms with E-state index in [2.05, 4.69) is 25.8 Å². The summed E-state index contributed by atoms with van der Waals surface area (Å²) in [7, 11) is 0. The molecular weight excluding hydrogens is 310 g/mol. The van der Waals surface area contributed by atoms with E-state index >= 15 is 0 Å². The Morgan fingerprint density at radius 1 is 1.12 bits per heavy atom. The van der Waals surface area contributed by atoms with E-state index in [4.69, 9.17) is 0 Å². The summed E-state index contributed by atoms with van der Waals surface area (Å²) in [5, 5.41) is 0. The van der Waals surface area contributed by atoms with Gasteiger partial charge in [0.15, 0.2) is 5.78 Å². The number of hydrogen-bond acceptors (Lipinski definition) is 3. The van der Waals surface area contributed by atoms with Gasteiger partial charge in [0.05, 0.1) is 6.04 Å². The van der Waals surface area contributed by atoms with Crippen LogP contribution in [-0.4, -0.2) is 17.9 Å². The van der Waals surface area contributed by atoms with Crippen LogP contribution in [0.25, 0.3) is 0 Å². The van der Waals surface area contributed by atoms with Gasteiger partial charge in [0.25, 0.3) is 0 Å². The monoisotopic (exact) mass is 341 g/mol. The third-order valence-electron chi connectivity index (χ3n) is 8.87. The predicted octanol–water partition coefficient (Wildman–Crippen LogP) is 4.86. The summed E-state index contributed by atoms with van der Waals surface area (Å²) in [5.74, 6) is 3.15. The van der Waals surface area contributed by atoms with Crippen molar-refractivity contribution in [1.82, 2.24) is 0 Å². The normalized spacial score (nSPS) is 47.0. The molecule has 0 bridgehead atoms. The second-order valence-corrected chi connectivity index (χ2v) is 9.66. The minimum absolute atomic E-state index is 0.103. The quantitative estimate of drug-likeness (QED) is 0.532. The first-order valence-electron chi connectivity index (χ1n) is 10.2. The van der Waals surface area contributed by atoms with Crippen molar-refractivity contribution >= 4 is 11.9 Å². The summed E-state index contributed by atoms with van der Waals surface area (Å²) in [4.78, 5) is 26.8. The van der Waals surface area contributed by atoms with Gasteiger partial charge >= 0.3 is 0 Å². The highest BCUT2D eigenvalue weighted by molar-refractivity contribution is 5.91. The number of allylic oxidation sites excluding steroid dienone is 1. The van der Waals surface area contributed by atoms with Crippen molar-refractivity contribution in [2.24, 2.45) is 39.5 Å². The summed E-state index contributed by atoms with van der Waals surface area (Å²) in [5.41, 5.74) is 2.02. The molecule has 3 nitrogen and oxygen atoms in total. The van der Waals surface area contributed by atoms with E-state index in [0.29, 0.717) is 17.1 Å². The topological polar surface area (TPSA) is 46.5 Å². The van der Waals surface area contributed by atoms with E-state index in [9.17, 15) is 9.59 Å². The molecule has 1 unspecified atom stereocenters. The summed E-state index contributed by atoms with van der Waals surface area (Å²) in [6, 6.07) is 0.103. The second-order valence-electron chi connectivity index (χ2n) is 9.66. The average molecular weight is 341 g/mol. The minimum Gasteiger partial charge on any atom is -0.295 e. The van der Waals surface area contributed by atoms with E-state index in [1.54, 1.807) is 6.08 Å². The van der Waals surface area contributed by atoms with Crippen LogP contribution in [0.1, 0.15) is 72.1 Å². The van der Waals surface area contributed by atoms with E-state index in [1.165, 1.54) is 37.7 Å². The molecule has 0 aromatic heterocycles. The van der Waals surface area contributed by atoms with E-state index in [1.807, 2.05) is 6.08 Å². The first kappa shape index (κ1) is 17.2. The van der Waals surface area contributed by atoms with Crippen molar-refractivity contribution in [3.8, 4) is 0 Å². The van der Waals surface area contributed by atoms with E-state index in [-0.39, 0.29) is 11.5 Å². The van der Waals surface area contributed by atoms with Crippen LogP contribution in [0.3, 0.4) is 0 Å². The second kappa shape index (κ2) is 5.91. The summed E-state index contributed by atoms with van der Waals surface area (Å²) >= 11 is 0. The molecule has 136 valence electrons. The summed E-state index contributed by atoms with van der Waals surface area (Å²) in [6.07, 6.45) is 12.9. The van der Waals surface area contributed by atoms with Gasteiger partial charge < -0.3 is 0 Å². The lowest BCUT2D eigenvalue weighted by Gasteiger charge is -2.58. The lowest BCUT2D eigenvalue weighted by atomic mass is 9.46. The molecule has 0 saturated heterocycles. The third-order valence-corrected chi connectivity index (χ3v) is 8.87. The standard InChI is InChI=1S/C22H31NO2/c1-14(23-13-24)18-6-7-19-17-5-4-15-12-16(25)8-10-21(15,2)20(17)9-11-22(18,19)3/h12,14,17-20H,4-11H2,1-3H3/t14?,17-,18+,19-,20-,21-,22+/m0/s1. The van der Waals surface area contributed by atoms with Gasteiger partial charge in [-0.2, -0.15) is 0 Å². The van der Waals surface area contributed by atoms with Gasteiger partial charge in [0, 0.05) is 6.42 Å². The summed E-state index contributed by atoms with van der Waals surface area (Å²) in [6.45, 7) is 7.02. The predicted molar refractivity (Wildman–Crippen MR) is 97.8 cm³/mol. The van der Waals surface area contributed by atoms with Gasteiger partial charge in [-0.15, -0.1) is 0 Å². The van der Waals surface area contributed by atoms with Crippen LogP contribution in [0.15, 0.2) is 16.6 Å². The molecule has 4 aliphatic rings. The van der Waals surface area contributed by atoms with Crippen LogP contribution in [0.4, 0.5) is 0 Å². The molecule has 0 aromatic rings. The zero-order valence-electron chi connectivity index (χ0n) is 15.9.